The Balaban J connectivity index is 1.58. The predicted molar refractivity (Wildman–Crippen MR) is 99.8 cm³/mol. The third kappa shape index (κ3) is 2.78. The second-order valence-corrected chi connectivity index (χ2v) is 10.6. The van der Waals surface area contributed by atoms with Gasteiger partial charge in [-0.3, -0.25) is 4.79 Å². The largest absolute Gasteiger partial charge is 0.334 e. The molecule has 1 aliphatic carbocycles. The molecule has 0 radical (unpaired) electrons. The van der Waals surface area contributed by atoms with Gasteiger partial charge in [-0.2, -0.15) is 4.31 Å². The molecule has 0 aromatic heterocycles. The highest BCUT2D eigenvalue weighted by molar-refractivity contribution is 7.89. The van der Waals surface area contributed by atoms with E-state index in [0.29, 0.717) is 24.5 Å². The van der Waals surface area contributed by atoms with Crippen molar-refractivity contribution in [1.82, 2.24) is 9.21 Å². The second kappa shape index (κ2) is 6.06. The summed E-state index contributed by atoms with van der Waals surface area (Å²) in [5.74, 6) is 0.0716. The first kappa shape index (κ1) is 18.0. The van der Waals surface area contributed by atoms with Gasteiger partial charge in [0.25, 0.3) is 0 Å². The van der Waals surface area contributed by atoms with Gasteiger partial charge in [0.05, 0.1) is 4.90 Å². The average molecular weight is 377 g/mol. The highest BCUT2D eigenvalue weighted by Gasteiger charge is 2.50. The molecule has 142 valence electrons. The zero-order valence-corrected chi connectivity index (χ0v) is 16.7. The van der Waals surface area contributed by atoms with E-state index >= 15 is 0 Å². The van der Waals surface area contributed by atoms with Crippen molar-refractivity contribution >= 4 is 15.9 Å². The molecule has 1 aromatic rings. The summed E-state index contributed by atoms with van der Waals surface area (Å²) in [6.45, 7) is 7.57. The van der Waals surface area contributed by atoms with E-state index in [1.165, 1.54) is 6.42 Å². The van der Waals surface area contributed by atoms with Gasteiger partial charge in [-0.1, -0.05) is 26.3 Å². The topological polar surface area (TPSA) is 57.7 Å². The molecular formula is C20H28N2O3S. The number of nitrogens with zero attached hydrogens (tertiary/aromatic N) is 2. The Hall–Kier alpha value is -1.40. The van der Waals surface area contributed by atoms with E-state index in [9.17, 15) is 13.2 Å². The third-order valence-electron chi connectivity index (χ3n) is 6.44. The van der Waals surface area contributed by atoms with Crippen LogP contribution in [-0.2, 0) is 27.9 Å². The fourth-order valence-corrected chi connectivity index (χ4v) is 6.62. The van der Waals surface area contributed by atoms with Gasteiger partial charge in [0.2, 0.25) is 15.9 Å². The minimum Gasteiger partial charge on any atom is -0.334 e. The summed E-state index contributed by atoms with van der Waals surface area (Å²) >= 11 is 0. The van der Waals surface area contributed by atoms with Gasteiger partial charge in [-0.05, 0) is 54.9 Å². The molecule has 3 aliphatic rings. The van der Waals surface area contributed by atoms with E-state index in [1.54, 1.807) is 16.4 Å². The molecule has 6 heteroatoms. The maximum absolute atomic E-state index is 13.2. The quantitative estimate of drug-likeness (QED) is 0.814. The lowest BCUT2D eigenvalue weighted by molar-refractivity contribution is -0.135. The predicted octanol–water partition coefficient (Wildman–Crippen LogP) is 3.14. The van der Waals surface area contributed by atoms with Crippen LogP contribution >= 0.6 is 0 Å². The molecule has 1 aromatic carbocycles. The van der Waals surface area contributed by atoms with Crippen LogP contribution in [0.25, 0.3) is 0 Å². The van der Waals surface area contributed by atoms with Crippen molar-refractivity contribution in [1.29, 1.82) is 0 Å². The van der Waals surface area contributed by atoms with Crippen LogP contribution in [0, 0.1) is 11.3 Å². The van der Waals surface area contributed by atoms with Crippen molar-refractivity contribution < 1.29 is 13.2 Å². The summed E-state index contributed by atoms with van der Waals surface area (Å²) in [5, 5.41) is 0. The van der Waals surface area contributed by atoms with Crippen molar-refractivity contribution in [3.8, 4) is 0 Å². The van der Waals surface area contributed by atoms with Gasteiger partial charge in [-0.15, -0.1) is 0 Å². The Kier molecular flexibility index (Phi) is 4.19. The molecule has 1 saturated carbocycles. The molecule has 0 bridgehead atoms. The Labute approximate surface area is 156 Å². The fourth-order valence-electron chi connectivity index (χ4n) is 4.83. The van der Waals surface area contributed by atoms with E-state index in [0.717, 1.165) is 30.4 Å². The van der Waals surface area contributed by atoms with E-state index in [-0.39, 0.29) is 23.3 Å². The number of hydrogen-bond acceptors (Lipinski definition) is 3. The van der Waals surface area contributed by atoms with Crippen LogP contribution in [0.3, 0.4) is 0 Å². The zero-order valence-electron chi connectivity index (χ0n) is 15.9. The SMILES string of the molecule is CC(C)C(=O)N1Cc2ccc(S(=O)(=O)N3CC4(CCC4)CC3C)cc2C1. The number of hydrogen-bond donors (Lipinski definition) is 0. The number of carbonyl (C=O) groups is 1. The van der Waals surface area contributed by atoms with Gasteiger partial charge in [0, 0.05) is 31.6 Å². The van der Waals surface area contributed by atoms with Crippen LogP contribution in [-0.4, -0.2) is 36.1 Å². The van der Waals surface area contributed by atoms with E-state index < -0.39 is 10.0 Å². The number of carbonyl (C=O) groups excluding carboxylic acids is 1. The highest BCUT2D eigenvalue weighted by Crippen LogP contribution is 2.51. The molecule has 1 amide bonds. The van der Waals surface area contributed by atoms with Crippen molar-refractivity contribution in [2.24, 2.45) is 11.3 Å². The number of sulfonamides is 1. The minimum absolute atomic E-state index is 0.0448. The zero-order chi connectivity index (χ0) is 18.7. The molecular weight excluding hydrogens is 348 g/mol. The van der Waals surface area contributed by atoms with Crippen molar-refractivity contribution in [3.63, 3.8) is 0 Å². The minimum atomic E-state index is -3.48. The maximum Gasteiger partial charge on any atom is 0.243 e. The molecule has 26 heavy (non-hydrogen) atoms. The van der Waals surface area contributed by atoms with Crippen LogP contribution in [0.1, 0.15) is 57.6 Å². The lowest BCUT2D eigenvalue weighted by Gasteiger charge is -2.38. The summed E-state index contributed by atoms with van der Waals surface area (Å²) in [6, 6.07) is 5.45. The molecule has 2 aliphatic heterocycles. The molecule has 2 fully saturated rings. The lowest BCUT2D eigenvalue weighted by Crippen LogP contribution is -2.37. The molecule has 4 rings (SSSR count). The number of benzene rings is 1. The molecule has 5 nitrogen and oxygen atoms in total. The first-order valence-corrected chi connectivity index (χ1v) is 11.1. The van der Waals surface area contributed by atoms with Crippen LogP contribution in [0.5, 0.6) is 0 Å². The Morgan fingerprint density at radius 1 is 1.19 bits per heavy atom. The summed E-state index contributed by atoms with van der Waals surface area (Å²) in [6.07, 6.45) is 4.51. The van der Waals surface area contributed by atoms with Gasteiger partial charge >= 0.3 is 0 Å². The highest BCUT2D eigenvalue weighted by atomic mass is 32.2. The second-order valence-electron chi connectivity index (χ2n) is 8.74. The first-order chi connectivity index (χ1) is 12.2. The summed E-state index contributed by atoms with van der Waals surface area (Å²) in [4.78, 5) is 14.4. The van der Waals surface area contributed by atoms with Crippen molar-refractivity contribution in [2.75, 3.05) is 6.54 Å². The fraction of sp³-hybridized carbons (Fsp3) is 0.650. The van der Waals surface area contributed by atoms with E-state index in [4.69, 9.17) is 0 Å². The number of amides is 1. The third-order valence-corrected chi connectivity index (χ3v) is 8.39. The standard InChI is InChI=1S/C20H28N2O3S/c1-14(2)19(23)21-11-16-5-6-18(9-17(16)12-21)26(24,25)22-13-20(7-4-8-20)10-15(22)3/h5-6,9,14-15H,4,7-8,10-13H2,1-3H3. The average Bonchev–Trinajstić information content (AvgIpc) is 3.14. The molecule has 1 unspecified atom stereocenters. The number of fused-ring (bicyclic) bond motifs is 1. The van der Waals surface area contributed by atoms with Gasteiger partial charge in [0.15, 0.2) is 0 Å². The monoisotopic (exact) mass is 376 g/mol. The van der Waals surface area contributed by atoms with Gasteiger partial charge in [0.1, 0.15) is 0 Å². The summed E-state index contributed by atoms with van der Waals surface area (Å²) < 4.78 is 28.2. The Bertz CT molecular complexity index is 843. The smallest absolute Gasteiger partial charge is 0.243 e. The van der Waals surface area contributed by atoms with Crippen LogP contribution in [0.15, 0.2) is 23.1 Å². The van der Waals surface area contributed by atoms with E-state index in [2.05, 4.69) is 0 Å². The van der Waals surface area contributed by atoms with E-state index in [1.807, 2.05) is 31.7 Å². The molecule has 1 saturated heterocycles. The summed E-state index contributed by atoms with van der Waals surface area (Å²) in [5.41, 5.74) is 2.25. The normalized spacial score (nSPS) is 24.9. The first-order valence-electron chi connectivity index (χ1n) is 9.64. The molecule has 2 heterocycles. The van der Waals surface area contributed by atoms with Crippen LogP contribution in [0.4, 0.5) is 0 Å². The molecule has 1 atom stereocenters. The Morgan fingerprint density at radius 2 is 1.88 bits per heavy atom. The van der Waals surface area contributed by atoms with Crippen LogP contribution < -0.4 is 0 Å². The molecule has 1 spiro atoms. The van der Waals surface area contributed by atoms with Crippen LogP contribution in [0.2, 0.25) is 0 Å². The Morgan fingerprint density at radius 3 is 2.46 bits per heavy atom. The summed E-state index contributed by atoms with van der Waals surface area (Å²) in [7, 11) is -3.48. The van der Waals surface area contributed by atoms with Gasteiger partial charge < -0.3 is 4.90 Å². The lowest BCUT2D eigenvalue weighted by atomic mass is 9.68. The molecule has 0 N–H and O–H groups in total. The van der Waals surface area contributed by atoms with Crippen molar-refractivity contribution in [3.05, 3.63) is 29.3 Å². The number of rotatable bonds is 3. The van der Waals surface area contributed by atoms with Crippen molar-refractivity contribution in [2.45, 2.75) is 70.5 Å². The maximum atomic E-state index is 13.2. The van der Waals surface area contributed by atoms with Gasteiger partial charge in [-0.25, -0.2) is 8.42 Å².